The molecule has 1 fully saturated rings. The van der Waals surface area contributed by atoms with Gasteiger partial charge in [0.15, 0.2) is 24.6 Å². The molecule has 1 aliphatic heterocycles. The molecule has 3 N–H and O–H groups in total. The number of esters is 3. The number of hydrogen-bond acceptors (Lipinski definition) is 11. The maximum Gasteiger partial charge on any atom is 0.335 e. The number of carboxylic acids is 1. The molecule has 436 valence electrons. The van der Waals surface area contributed by atoms with Crippen molar-refractivity contribution in [3.05, 3.63) is 36.5 Å². The summed E-state index contributed by atoms with van der Waals surface area (Å²) in [5.74, 6) is -3.12. The van der Waals surface area contributed by atoms with Gasteiger partial charge < -0.3 is 39.0 Å². The first-order chi connectivity index (χ1) is 36.6. The summed E-state index contributed by atoms with van der Waals surface area (Å²) in [6, 6.07) is 0. The molecule has 0 amide bonds. The van der Waals surface area contributed by atoms with Gasteiger partial charge in [0.05, 0.1) is 6.61 Å². The third-order valence-electron chi connectivity index (χ3n) is 14.2. The van der Waals surface area contributed by atoms with Crippen LogP contribution >= 0.6 is 0 Å². The van der Waals surface area contributed by atoms with Crippen LogP contribution < -0.4 is 0 Å². The van der Waals surface area contributed by atoms with E-state index in [0.29, 0.717) is 19.3 Å². The Morgan fingerprint density at radius 1 is 0.427 bits per heavy atom. The number of carboxylic acid groups (broad SMARTS) is 1. The second kappa shape index (κ2) is 51.7. The summed E-state index contributed by atoms with van der Waals surface area (Å²) in [5, 5.41) is 31.5. The van der Waals surface area contributed by atoms with Crippen LogP contribution in [0.1, 0.15) is 290 Å². The van der Waals surface area contributed by atoms with Crippen LogP contribution in [0.25, 0.3) is 0 Å². The lowest BCUT2D eigenvalue weighted by atomic mass is 9.98. The van der Waals surface area contributed by atoms with E-state index in [9.17, 15) is 34.5 Å². The number of aliphatic hydroxyl groups is 2. The van der Waals surface area contributed by atoms with Crippen LogP contribution in [0.5, 0.6) is 0 Å². The number of carbonyl (C=O) groups excluding carboxylic acids is 3. The average molecular weight is 1060 g/mol. The molecular weight excluding hydrogens is 949 g/mol. The van der Waals surface area contributed by atoms with Crippen molar-refractivity contribution in [2.45, 2.75) is 327 Å². The quantitative estimate of drug-likeness (QED) is 0.0228. The summed E-state index contributed by atoms with van der Waals surface area (Å²) in [6.07, 6.45) is 48.2. The van der Waals surface area contributed by atoms with Gasteiger partial charge in [0.2, 0.25) is 0 Å². The predicted molar refractivity (Wildman–Crippen MR) is 303 cm³/mol. The predicted octanol–water partition coefficient (Wildman–Crippen LogP) is 16.0. The molecule has 1 saturated heterocycles. The van der Waals surface area contributed by atoms with E-state index in [0.717, 1.165) is 103 Å². The van der Waals surface area contributed by atoms with E-state index in [1.165, 1.54) is 128 Å². The number of hydrogen-bond donors (Lipinski definition) is 3. The van der Waals surface area contributed by atoms with Crippen LogP contribution in [0.15, 0.2) is 36.5 Å². The van der Waals surface area contributed by atoms with Gasteiger partial charge in [-0.05, 0) is 96.3 Å². The van der Waals surface area contributed by atoms with E-state index < -0.39 is 67.3 Å². The van der Waals surface area contributed by atoms with Crippen LogP contribution in [0.2, 0.25) is 0 Å². The van der Waals surface area contributed by atoms with Crippen LogP contribution in [0.3, 0.4) is 0 Å². The summed E-state index contributed by atoms with van der Waals surface area (Å²) in [4.78, 5) is 51.2. The van der Waals surface area contributed by atoms with Crippen molar-refractivity contribution < 1.29 is 58.2 Å². The first-order valence-corrected chi connectivity index (χ1v) is 31.0. The van der Waals surface area contributed by atoms with Crippen molar-refractivity contribution in [3.8, 4) is 0 Å². The molecule has 0 aromatic heterocycles. The highest BCUT2D eigenvalue weighted by molar-refractivity contribution is 5.74. The first kappa shape index (κ1) is 70.0. The fourth-order valence-electron chi connectivity index (χ4n) is 9.35. The molecule has 1 heterocycles. The van der Waals surface area contributed by atoms with Crippen LogP contribution in [0.4, 0.5) is 0 Å². The van der Waals surface area contributed by atoms with Crippen molar-refractivity contribution in [1.29, 1.82) is 0 Å². The Kier molecular flexibility index (Phi) is 48.2. The summed E-state index contributed by atoms with van der Waals surface area (Å²) in [5.41, 5.74) is 0. The van der Waals surface area contributed by atoms with Crippen molar-refractivity contribution in [3.63, 3.8) is 0 Å². The Balaban J connectivity index is 2.68. The fourth-order valence-corrected chi connectivity index (χ4v) is 9.35. The summed E-state index contributed by atoms with van der Waals surface area (Å²) in [6.45, 7) is 5.98. The number of unbranched alkanes of at least 4 members (excludes halogenated alkanes) is 33. The van der Waals surface area contributed by atoms with E-state index in [1.54, 1.807) is 0 Å². The monoisotopic (exact) mass is 1060 g/mol. The minimum Gasteiger partial charge on any atom is -0.479 e. The highest BCUT2D eigenvalue weighted by Crippen LogP contribution is 2.26. The highest BCUT2D eigenvalue weighted by atomic mass is 16.7. The standard InChI is InChI=1S/C63H112O12/c1-4-7-10-13-16-19-22-25-27-28-30-32-34-37-40-43-46-49-55(64)71-52-54(73-56(65)50-47-44-41-38-36-33-29-26-23-20-17-14-11-8-5-2)53-72-63-61(59(68)58(67)60(75-63)62(69)70)74-57(66)51-48-45-42-39-35-31-24-21-18-15-12-9-6-3/h21,24-27,29,54,58-61,63,67-68H,4-20,22-23,28,30-53H2,1-3H3,(H,69,70)/b24-21-,27-25-,29-26-. The Hall–Kier alpha value is -3.06. The van der Waals surface area contributed by atoms with Gasteiger partial charge >= 0.3 is 23.9 Å². The number of rotatable bonds is 53. The van der Waals surface area contributed by atoms with E-state index in [1.807, 2.05) is 0 Å². The molecule has 0 aliphatic carbocycles. The Morgan fingerprint density at radius 2 is 0.760 bits per heavy atom. The minimum atomic E-state index is -1.90. The fraction of sp³-hybridized carbons (Fsp3) is 0.841. The van der Waals surface area contributed by atoms with Crippen molar-refractivity contribution >= 4 is 23.9 Å². The number of ether oxygens (including phenoxy) is 5. The molecule has 1 rings (SSSR count). The summed E-state index contributed by atoms with van der Waals surface area (Å²) in [7, 11) is 0. The molecule has 0 spiro atoms. The smallest absolute Gasteiger partial charge is 0.335 e. The van der Waals surface area contributed by atoms with Gasteiger partial charge in [0, 0.05) is 19.3 Å². The van der Waals surface area contributed by atoms with E-state index in [4.69, 9.17) is 23.7 Å². The Labute approximate surface area is 457 Å². The molecule has 12 heteroatoms. The minimum absolute atomic E-state index is 0.0514. The van der Waals surface area contributed by atoms with E-state index in [2.05, 4.69) is 57.2 Å². The Morgan fingerprint density at radius 3 is 1.15 bits per heavy atom. The topological polar surface area (TPSA) is 175 Å². The van der Waals surface area contributed by atoms with Crippen molar-refractivity contribution in [2.75, 3.05) is 13.2 Å². The molecular formula is C63H112O12. The molecule has 1 aliphatic rings. The SMILES string of the molecule is CCCCCC/C=C\CCCCCCCC(=O)OC1C(OCC(COC(=O)CCCCCCCCC/C=C\CCCCCCCC)OC(=O)CCCCCCC/C=C\CCCCCCCC)OC(C(=O)O)C(O)C1O. The van der Waals surface area contributed by atoms with Crippen molar-refractivity contribution in [2.24, 2.45) is 0 Å². The largest absolute Gasteiger partial charge is 0.479 e. The van der Waals surface area contributed by atoms with Crippen molar-refractivity contribution in [1.82, 2.24) is 0 Å². The lowest BCUT2D eigenvalue weighted by molar-refractivity contribution is -0.301. The molecule has 6 unspecified atom stereocenters. The number of aliphatic carboxylic acids is 1. The van der Waals surface area contributed by atoms with Gasteiger partial charge in [-0.1, -0.05) is 211 Å². The van der Waals surface area contributed by atoms with Gasteiger partial charge in [-0.3, -0.25) is 14.4 Å². The first-order valence-electron chi connectivity index (χ1n) is 31.0. The van der Waals surface area contributed by atoms with E-state index in [-0.39, 0.29) is 25.9 Å². The zero-order chi connectivity index (χ0) is 54.7. The number of carbonyl (C=O) groups is 4. The summed E-state index contributed by atoms with van der Waals surface area (Å²) < 4.78 is 28.5. The lowest BCUT2D eigenvalue weighted by Crippen LogP contribution is -2.61. The number of allylic oxidation sites excluding steroid dienone is 6. The van der Waals surface area contributed by atoms with Gasteiger partial charge in [0.1, 0.15) is 18.8 Å². The van der Waals surface area contributed by atoms with Gasteiger partial charge in [0.25, 0.3) is 0 Å². The second-order valence-electron chi connectivity index (χ2n) is 21.3. The molecule has 75 heavy (non-hydrogen) atoms. The molecule has 0 radical (unpaired) electrons. The lowest BCUT2D eigenvalue weighted by Gasteiger charge is -2.40. The van der Waals surface area contributed by atoms with Gasteiger partial charge in [-0.15, -0.1) is 0 Å². The van der Waals surface area contributed by atoms with Crippen LogP contribution in [0, 0.1) is 0 Å². The molecule has 6 atom stereocenters. The van der Waals surface area contributed by atoms with Crippen LogP contribution in [-0.4, -0.2) is 89.2 Å². The molecule has 12 nitrogen and oxygen atoms in total. The average Bonchev–Trinajstić information content (AvgIpc) is 3.39. The maximum absolute atomic E-state index is 13.2. The van der Waals surface area contributed by atoms with E-state index >= 15 is 0 Å². The summed E-state index contributed by atoms with van der Waals surface area (Å²) >= 11 is 0. The highest BCUT2D eigenvalue weighted by Gasteiger charge is 2.50. The third kappa shape index (κ3) is 41.7. The second-order valence-corrected chi connectivity index (χ2v) is 21.3. The molecule has 0 bridgehead atoms. The zero-order valence-electron chi connectivity index (χ0n) is 48.1. The van der Waals surface area contributed by atoms with Gasteiger partial charge in [-0.25, -0.2) is 4.79 Å². The zero-order valence-corrected chi connectivity index (χ0v) is 48.1. The molecule has 0 saturated carbocycles. The molecule has 0 aromatic rings. The maximum atomic E-state index is 13.2. The third-order valence-corrected chi connectivity index (χ3v) is 14.2. The van der Waals surface area contributed by atoms with Gasteiger partial charge in [-0.2, -0.15) is 0 Å². The van der Waals surface area contributed by atoms with Crippen LogP contribution in [-0.2, 0) is 42.9 Å². The normalized spacial score (nSPS) is 18.3. The Bertz CT molecular complexity index is 1450. The number of aliphatic hydroxyl groups excluding tert-OH is 2. The molecule has 0 aromatic carbocycles.